The van der Waals surface area contributed by atoms with E-state index in [0.717, 1.165) is 0 Å². The van der Waals surface area contributed by atoms with E-state index in [-0.39, 0.29) is 0 Å². The summed E-state index contributed by atoms with van der Waals surface area (Å²) < 4.78 is 24.2. The number of sulfonamides is 1. The van der Waals surface area contributed by atoms with E-state index >= 15 is 0 Å². The third-order valence-corrected chi connectivity index (χ3v) is 4.05. The Morgan fingerprint density at radius 1 is 1.33 bits per heavy atom. The van der Waals surface area contributed by atoms with Crippen molar-refractivity contribution in [1.82, 2.24) is 14.6 Å². The number of hydrogen-bond donors (Lipinski definition) is 2. The molecule has 1 fully saturated rings. The molecular weight excluding hydrogens is 254 g/mol. The molecule has 0 aromatic rings. The SMILES string of the molecule is CC(C)CN=C(NN)N1CCN(S(C)(=O)=O)CC1. The van der Waals surface area contributed by atoms with Crippen LogP contribution in [0.25, 0.3) is 0 Å². The van der Waals surface area contributed by atoms with E-state index in [9.17, 15) is 8.42 Å². The van der Waals surface area contributed by atoms with Crippen molar-refractivity contribution >= 4 is 16.0 Å². The lowest BCUT2D eigenvalue weighted by molar-refractivity contribution is 0.261. The second-order valence-electron chi connectivity index (χ2n) is 4.85. The number of aliphatic imine (C=N–C) groups is 1. The minimum Gasteiger partial charge on any atom is -0.339 e. The molecule has 7 nitrogen and oxygen atoms in total. The maximum atomic E-state index is 11.4. The van der Waals surface area contributed by atoms with Crippen molar-refractivity contribution in [2.75, 3.05) is 39.0 Å². The summed E-state index contributed by atoms with van der Waals surface area (Å²) in [6, 6.07) is 0. The fourth-order valence-corrected chi connectivity index (χ4v) is 2.56. The highest BCUT2D eigenvalue weighted by molar-refractivity contribution is 7.88. The zero-order valence-electron chi connectivity index (χ0n) is 11.3. The summed E-state index contributed by atoms with van der Waals surface area (Å²) in [5.74, 6) is 6.56. The topological polar surface area (TPSA) is 91.0 Å². The van der Waals surface area contributed by atoms with Crippen molar-refractivity contribution in [2.45, 2.75) is 13.8 Å². The van der Waals surface area contributed by atoms with Crippen LogP contribution in [0.3, 0.4) is 0 Å². The molecule has 0 spiro atoms. The minimum atomic E-state index is -3.09. The number of hydrogen-bond acceptors (Lipinski definition) is 4. The summed E-state index contributed by atoms with van der Waals surface area (Å²) >= 11 is 0. The Hall–Kier alpha value is -0.860. The van der Waals surface area contributed by atoms with Crippen LogP contribution in [0.2, 0.25) is 0 Å². The summed E-state index contributed by atoms with van der Waals surface area (Å²) in [7, 11) is -3.09. The van der Waals surface area contributed by atoms with Gasteiger partial charge < -0.3 is 4.90 Å². The van der Waals surface area contributed by atoms with Gasteiger partial charge in [-0.1, -0.05) is 13.8 Å². The highest BCUT2D eigenvalue weighted by Gasteiger charge is 2.24. The molecule has 0 saturated carbocycles. The van der Waals surface area contributed by atoms with Crippen LogP contribution in [0.4, 0.5) is 0 Å². The van der Waals surface area contributed by atoms with Crippen molar-refractivity contribution in [3.05, 3.63) is 0 Å². The van der Waals surface area contributed by atoms with E-state index in [2.05, 4.69) is 24.3 Å². The lowest BCUT2D eigenvalue weighted by Crippen LogP contribution is -2.54. The molecule has 0 aromatic carbocycles. The Labute approximate surface area is 109 Å². The molecule has 1 rings (SSSR count). The number of guanidine groups is 1. The second kappa shape index (κ2) is 6.35. The van der Waals surface area contributed by atoms with Crippen LogP contribution in [-0.4, -0.2) is 62.6 Å². The van der Waals surface area contributed by atoms with E-state index in [1.54, 1.807) is 0 Å². The Bertz CT molecular complexity index is 385. The monoisotopic (exact) mass is 277 g/mol. The van der Waals surface area contributed by atoms with Crippen LogP contribution >= 0.6 is 0 Å². The number of hydrazine groups is 1. The summed E-state index contributed by atoms with van der Waals surface area (Å²) in [6.07, 6.45) is 1.23. The Kier molecular flexibility index (Phi) is 5.36. The van der Waals surface area contributed by atoms with E-state index in [0.29, 0.717) is 44.6 Å². The van der Waals surface area contributed by atoms with Crippen LogP contribution in [0.15, 0.2) is 4.99 Å². The average molecular weight is 277 g/mol. The molecule has 0 unspecified atom stereocenters. The van der Waals surface area contributed by atoms with Crippen molar-refractivity contribution in [3.63, 3.8) is 0 Å². The van der Waals surface area contributed by atoms with Crippen molar-refractivity contribution in [3.8, 4) is 0 Å². The third-order valence-electron chi connectivity index (χ3n) is 2.74. The van der Waals surface area contributed by atoms with Gasteiger partial charge in [0.2, 0.25) is 16.0 Å². The molecule has 1 saturated heterocycles. The van der Waals surface area contributed by atoms with Crippen molar-refractivity contribution in [1.29, 1.82) is 0 Å². The van der Waals surface area contributed by atoms with Gasteiger partial charge >= 0.3 is 0 Å². The predicted molar refractivity (Wildman–Crippen MR) is 72.5 cm³/mol. The molecule has 0 amide bonds. The molecule has 0 radical (unpaired) electrons. The lowest BCUT2D eigenvalue weighted by atomic mass is 10.2. The van der Waals surface area contributed by atoms with Gasteiger partial charge in [0.15, 0.2) is 0 Å². The van der Waals surface area contributed by atoms with E-state index in [4.69, 9.17) is 5.84 Å². The summed E-state index contributed by atoms with van der Waals surface area (Å²) in [5.41, 5.74) is 2.59. The molecule has 0 atom stereocenters. The zero-order chi connectivity index (χ0) is 13.8. The number of piperazine rings is 1. The van der Waals surface area contributed by atoms with Crippen LogP contribution in [0, 0.1) is 5.92 Å². The molecule has 0 aliphatic carbocycles. The Morgan fingerprint density at radius 2 is 1.89 bits per heavy atom. The quantitative estimate of drug-likeness (QED) is 0.300. The van der Waals surface area contributed by atoms with Gasteiger partial charge in [-0.3, -0.25) is 10.4 Å². The fraction of sp³-hybridized carbons (Fsp3) is 0.900. The van der Waals surface area contributed by atoms with E-state index < -0.39 is 10.0 Å². The highest BCUT2D eigenvalue weighted by Crippen LogP contribution is 2.06. The largest absolute Gasteiger partial charge is 0.339 e. The van der Waals surface area contributed by atoms with Crippen molar-refractivity contribution in [2.24, 2.45) is 16.8 Å². The van der Waals surface area contributed by atoms with Gasteiger partial charge in [-0.15, -0.1) is 0 Å². The fourth-order valence-electron chi connectivity index (χ4n) is 1.74. The zero-order valence-corrected chi connectivity index (χ0v) is 12.1. The van der Waals surface area contributed by atoms with Gasteiger partial charge in [0.1, 0.15) is 0 Å². The molecular formula is C10H23N5O2S. The second-order valence-corrected chi connectivity index (χ2v) is 6.83. The van der Waals surface area contributed by atoms with Crippen LogP contribution < -0.4 is 11.3 Å². The van der Waals surface area contributed by atoms with Gasteiger partial charge in [-0.2, -0.15) is 4.31 Å². The molecule has 1 heterocycles. The van der Waals surface area contributed by atoms with Gasteiger partial charge in [-0.05, 0) is 5.92 Å². The summed E-state index contributed by atoms with van der Waals surface area (Å²) in [6.45, 7) is 7.02. The van der Waals surface area contributed by atoms with Gasteiger partial charge in [0.25, 0.3) is 0 Å². The molecule has 18 heavy (non-hydrogen) atoms. The molecule has 1 aliphatic heterocycles. The van der Waals surface area contributed by atoms with Gasteiger partial charge in [-0.25, -0.2) is 14.3 Å². The predicted octanol–water partition coefficient (Wildman–Crippen LogP) is -0.961. The van der Waals surface area contributed by atoms with Crippen LogP contribution in [-0.2, 0) is 10.0 Å². The van der Waals surface area contributed by atoms with E-state index in [1.165, 1.54) is 10.6 Å². The molecule has 8 heteroatoms. The molecule has 3 N–H and O–H groups in total. The first kappa shape index (κ1) is 15.2. The molecule has 1 aliphatic rings. The van der Waals surface area contributed by atoms with Crippen LogP contribution in [0.5, 0.6) is 0 Å². The smallest absolute Gasteiger partial charge is 0.211 e. The lowest BCUT2D eigenvalue weighted by Gasteiger charge is -2.34. The van der Waals surface area contributed by atoms with Gasteiger partial charge in [0, 0.05) is 32.7 Å². The van der Waals surface area contributed by atoms with Gasteiger partial charge in [0.05, 0.1) is 6.26 Å². The maximum Gasteiger partial charge on any atom is 0.211 e. The Balaban J connectivity index is 2.58. The number of nitrogens with two attached hydrogens (primary N) is 1. The number of nitrogens with zero attached hydrogens (tertiary/aromatic N) is 3. The Morgan fingerprint density at radius 3 is 2.28 bits per heavy atom. The van der Waals surface area contributed by atoms with E-state index in [1.807, 2.05) is 4.90 Å². The first-order valence-corrected chi connectivity index (χ1v) is 7.90. The highest BCUT2D eigenvalue weighted by atomic mass is 32.2. The standard InChI is InChI=1S/C10H23N5O2S/c1-9(2)8-12-10(13-11)14-4-6-15(7-5-14)18(3,16)17/h9H,4-8,11H2,1-3H3,(H,12,13). The first-order chi connectivity index (χ1) is 8.34. The normalized spacial score (nSPS) is 19.4. The maximum absolute atomic E-state index is 11.4. The van der Waals surface area contributed by atoms with Crippen molar-refractivity contribution < 1.29 is 8.42 Å². The third kappa shape index (κ3) is 4.43. The summed E-state index contributed by atoms with van der Waals surface area (Å²) in [5, 5.41) is 0. The summed E-state index contributed by atoms with van der Waals surface area (Å²) in [4.78, 5) is 6.37. The molecule has 0 aromatic heterocycles. The molecule has 106 valence electrons. The number of rotatable bonds is 3. The molecule has 0 bridgehead atoms. The average Bonchev–Trinajstić information content (AvgIpc) is 2.29. The first-order valence-electron chi connectivity index (χ1n) is 6.05. The number of nitrogens with one attached hydrogen (secondary N) is 1. The van der Waals surface area contributed by atoms with Crippen LogP contribution in [0.1, 0.15) is 13.8 Å². The minimum absolute atomic E-state index is 0.464.